The highest BCUT2D eigenvalue weighted by molar-refractivity contribution is 5.79. The van der Waals surface area contributed by atoms with Crippen LogP contribution in [0, 0.1) is 11.8 Å². The summed E-state index contributed by atoms with van der Waals surface area (Å²) in [5.74, 6) is 1.13. The quantitative estimate of drug-likeness (QED) is 0.752. The second kappa shape index (κ2) is 6.39. The number of carbonyl (C=O) groups excluding carboxylic acids is 1. The molecule has 1 aliphatic rings. The monoisotopic (exact) mass is 240 g/mol. The van der Waals surface area contributed by atoms with Gasteiger partial charge in [-0.15, -0.1) is 0 Å². The van der Waals surface area contributed by atoms with E-state index in [0.29, 0.717) is 17.9 Å². The van der Waals surface area contributed by atoms with Crippen LogP contribution in [0.1, 0.15) is 40.5 Å². The minimum Gasteiger partial charge on any atom is -0.343 e. The third kappa shape index (κ3) is 3.70. The Bertz CT molecular complexity index is 245. The molecule has 3 heteroatoms. The fraction of sp³-hybridized carbons (Fsp3) is 0.929. The molecule has 1 heterocycles. The van der Waals surface area contributed by atoms with Crippen molar-refractivity contribution in [3.05, 3.63) is 0 Å². The first-order valence-electron chi connectivity index (χ1n) is 6.96. The Hall–Kier alpha value is -0.570. The summed E-state index contributed by atoms with van der Waals surface area (Å²) in [5.41, 5.74) is 0. The Morgan fingerprint density at radius 2 is 1.82 bits per heavy atom. The fourth-order valence-electron chi connectivity index (χ4n) is 2.43. The Labute approximate surface area is 106 Å². The molecule has 1 rings (SSSR count). The van der Waals surface area contributed by atoms with Gasteiger partial charge in [-0.1, -0.05) is 20.8 Å². The van der Waals surface area contributed by atoms with Crippen molar-refractivity contribution >= 4 is 5.91 Å². The molecule has 1 aliphatic heterocycles. The van der Waals surface area contributed by atoms with Crippen LogP contribution in [0.5, 0.6) is 0 Å². The average molecular weight is 240 g/mol. The van der Waals surface area contributed by atoms with Crippen LogP contribution < -0.4 is 0 Å². The van der Waals surface area contributed by atoms with Crippen LogP contribution in [0.2, 0.25) is 0 Å². The lowest BCUT2D eigenvalue weighted by molar-refractivity contribution is -0.138. The van der Waals surface area contributed by atoms with E-state index in [1.54, 1.807) is 0 Å². The summed E-state index contributed by atoms with van der Waals surface area (Å²) in [6.45, 7) is 12.0. The molecule has 0 bridgehead atoms. The molecule has 1 unspecified atom stereocenters. The first-order valence-corrected chi connectivity index (χ1v) is 6.96. The highest BCUT2D eigenvalue weighted by Crippen LogP contribution is 2.21. The summed E-state index contributed by atoms with van der Waals surface area (Å²) in [6, 6.07) is 0.340. The van der Waals surface area contributed by atoms with Crippen LogP contribution >= 0.6 is 0 Å². The van der Waals surface area contributed by atoms with Crippen molar-refractivity contribution < 1.29 is 4.79 Å². The molecule has 0 aromatic heterocycles. The summed E-state index contributed by atoms with van der Waals surface area (Å²) in [4.78, 5) is 16.7. The number of piperidine rings is 1. The Kier molecular flexibility index (Phi) is 5.44. The van der Waals surface area contributed by atoms with Crippen LogP contribution in [0.15, 0.2) is 0 Å². The molecule has 0 aliphatic carbocycles. The molecule has 100 valence electrons. The lowest BCUT2D eigenvalue weighted by atomic mass is 9.94. The molecule has 3 nitrogen and oxygen atoms in total. The third-order valence-corrected chi connectivity index (χ3v) is 4.31. The maximum atomic E-state index is 12.3. The molecule has 0 aromatic carbocycles. The van der Waals surface area contributed by atoms with Crippen LogP contribution in [-0.4, -0.2) is 48.4 Å². The predicted molar refractivity (Wildman–Crippen MR) is 71.9 cm³/mol. The van der Waals surface area contributed by atoms with Crippen molar-refractivity contribution in [2.45, 2.75) is 46.6 Å². The van der Waals surface area contributed by atoms with Gasteiger partial charge in [-0.25, -0.2) is 0 Å². The molecule has 1 fully saturated rings. The van der Waals surface area contributed by atoms with Crippen molar-refractivity contribution in [2.75, 3.05) is 26.7 Å². The number of hydrogen-bond acceptors (Lipinski definition) is 2. The van der Waals surface area contributed by atoms with E-state index < -0.39 is 0 Å². The van der Waals surface area contributed by atoms with Crippen LogP contribution in [0.25, 0.3) is 0 Å². The Morgan fingerprint density at radius 3 is 2.24 bits per heavy atom. The maximum absolute atomic E-state index is 12.3. The highest BCUT2D eigenvalue weighted by atomic mass is 16.2. The van der Waals surface area contributed by atoms with Gasteiger partial charge in [0, 0.05) is 19.0 Å². The zero-order valence-corrected chi connectivity index (χ0v) is 12.1. The summed E-state index contributed by atoms with van der Waals surface area (Å²) in [6.07, 6.45) is 2.06. The molecule has 17 heavy (non-hydrogen) atoms. The lowest BCUT2D eigenvalue weighted by Crippen LogP contribution is -2.45. The van der Waals surface area contributed by atoms with Crippen LogP contribution in [0.3, 0.4) is 0 Å². The topological polar surface area (TPSA) is 23.6 Å². The number of carbonyl (C=O) groups is 1. The summed E-state index contributed by atoms with van der Waals surface area (Å²) in [7, 11) is 1.96. The van der Waals surface area contributed by atoms with E-state index in [2.05, 4.69) is 32.6 Å². The summed E-state index contributed by atoms with van der Waals surface area (Å²) in [5, 5.41) is 0. The molecule has 0 radical (unpaired) electrons. The van der Waals surface area contributed by atoms with Crippen molar-refractivity contribution in [3.8, 4) is 0 Å². The zero-order valence-electron chi connectivity index (χ0n) is 12.1. The molecule has 0 saturated carbocycles. The van der Waals surface area contributed by atoms with Gasteiger partial charge in [-0.2, -0.15) is 0 Å². The second-order valence-electron chi connectivity index (χ2n) is 5.64. The minimum atomic E-state index is 0.254. The number of hydrogen-bond donors (Lipinski definition) is 0. The molecule has 0 spiro atoms. The van der Waals surface area contributed by atoms with Crippen molar-refractivity contribution in [2.24, 2.45) is 11.8 Å². The van der Waals surface area contributed by atoms with Gasteiger partial charge in [0.15, 0.2) is 0 Å². The largest absolute Gasteiger partial charge is 0.343 e. The standard InChI is InChI=1S/C14H28N2O/c1-6-16-9-7-13(8-10-16)14(17)15(5)12(4)11(2)3/h11-13H,6-10H2,1-5H3. The SMILES string of the molecule is CCN1CCC(C(=O)N(C)C(C)C(C)C)CC1. The Balaban J connectivity index is 2.48. The molecule has 1 atom stereocenters. The fourth-order valence-corrected chi connectivity index (χ4v) is 2.43. The van der Waals surface area contributed by atoms with Gasteiger partial charge < -0.3 is 9.80 Å². The van der Waals surface area contributed by atoms with E-state index >= 15 is 0 Å². The summed E-state index contributed by atoms with van der Waals surface area (Å²) >= 11 is 0. The van der Waals surface area contributed by atoms with E-state index in [-0.39, 0.29) is 5.92 Å². The van der Waals surface area contributed by atoms with Gasteiger partial charge in [-0.05, 0) is 45.3 Å². The average Bonchev–Trinajstić information content (AvgIpc) is 2.36. The number of amides is 1. The smallest absolute Gasteiger partial charge is 0.225 e. The Morgan fingerprint density at radius 1 is 1.29 bits per heavy atom. The van der Waals surface area contributed by atoms with Gasteiger partial charge in [0.1, 0.15) is 0 Å². The van der Waals surface area contributed by atoms with Gasteiger partial charge in [0.25, 0.3) is 0 Å². The number of rotatable bonds is 4. The lowest BCUT2D eigenvalue weighted by Gasteiger charge is -2.35. The highest BCUT2D eigenvalue weighted by Gasteiger charge is 2.29. The second-order valence-corrected chi connectivity index (χ2v) is 5.64. The minimum absolute atomic E-state index is 0.254. The van der Waals surface area contributed by atoms with E-state index in [9.17, 15) is 4.79 Å². The first kappa shape index (κ1) is 14.5. The molecular formula is C14H28N2O. The van der Waals surface area contributed by atoms with E-state index in [1.165, 1.54) is 0 Å². The molecule has 1 amide bonds. The van der Waals surface area contributed by atoms with E-state index in [4.69, 9.17) is 0 Å². The van der Waals surface area contributed by atoms with Gasteiger partial charge in [0.05, 0.1) is 0 Å². The van der Waals surface area contributed by atoms with Crippen molar-refractivity contribution in [1.29, 1.82) is 0 Å². The number of likely N-dealkylation sites (tertiary alicyclic amines) is 1. The van der Waals surface area contributed by atoms with Crippen LogP contribution in [-0.2, 0) is 4.79 Å². The number of nitrogens with zero attached hydrogens (tertiary/aromatic N) is 2. The maximum Gasteiger partial charge on any atom is 0.225 e. The molecular weight excluding hydrogens is 212 g/mol. The van der Waals surface area contributed by atoms with E-state index in [0.717, 1.165) is 32.5 Å². The van der Waals surface area contributed by atoms with Crippen molar-refractivity contribution in [1.82, 2.24) is 9.80 Å². The van der Waals surface area contributed by atoms with Gasteiger partial charge in [0.2, 0.25) is 5.91 Å². The first-order chi connectivity index (χ1) is 7.97. The normalized spacial score (nSPS) is 20.6. The van der Waals surface area contributed by atoms with Crippen molar-refractivity contribution in [3.63, 3.8) is 0 Å². The molecule has 1 saturated heterocycles. The van der Waals surface area contributed by atoms with Gasteiger partial charge >= 0.3 is 0 Å². The zero-order chi connectivity index (χ0) is 13.0. The van der Waals surface area contributed by atoms with E-state index in [1.807, 2.05) is 11.9 Å². The predicted octanol–water partition coefficient (Wildman–Crippen LogP) is 2.22. The molecule has 0 aromatic rings. The molecule has 0 N–H and O–H groups in total. The van der Waals surface area contributed by atoms with Crippen LogP contribution in [0.4, 0.5) is 0 Å². The van der Waals surface area contributed by atoms with Gasteiger partial charge in [-0.3, -0.25) is 4.79 Å². The summed E-state index contributed by atoms with van der Waals surface area (Å²) < 4.78 is 0. The third-order valence-electron chi connectivity index (χ3n) is 4.31.